The molecule has 0 saturated heterocycles. The van der Waals surface area contributed by atoms with Crippen LogP contribution < -0.4 is 5.76 Å². The van der Waals surface area contributed by atoms with Crippen molar-refractivity contribution in [3.05, 3.63) is 39.8 Å². The number of nitrogens with zero attached hydrogens (tertiary/aromatic N) is 1. The molecule has 0 aliphatic heterocycles. The lowest BCUT2D eigenvalue weighted by Gasteiger charge is -1.94. The van der Waals surface area contributed by atoms with E-state index in [0.29, 0.717) is 16.8 Å². The highest BCUT2D eigenvalue weighted by Crippen LogP contribution is 2.26. The Morgan fingerprint density at radius 3 is 3.12 bits per heavy atom. The Morgan fingerprint density at radius 2 is 2.35 bits per heavy atom. The second-order valence-corrected chi connectivity index (χ2v) is 4.39. The van der Waals surface area contributed by atoms with Crippen LogP contribution in [0.2, 0.25) is 0 Å². The summed E-state index contributed by atoms with van der Waals surface area (Å²) in [6, 6.07) is 5.39. The van der Waals surface area contributed by atoms with E-state index in [1.54, 1.807) is 17.5 Å². The normalized spacial score (nSPS) is 11.1. The second kappa shape index (κ2) is 3.83. The van der Waals surface area contributed by atoms with Crippen molar-refractivity contribution < 1.29 is 9.52 Å². The third kappa shape index (κ3) is 1.77. The smallest absolute Gasteiger partial charge is 0.408 e. The molecule has 0 unspecified atom stereocenters. The van der Waals surface area contributed by atoms with Gasteiger partial charge in [-0.05, 0) is 18.2 Å². The molecule has 3 rings (SSSR count). The molecule has 1 aromatic carbocycles. The molecule has 3 aromatic rings. The average molecular weight is 248 g/mol. The van der Waals surface area contributed by atoms with Crippen molar-refractivity contribution in [3.8, 4) is 10.6 Å². The average Bonchev–Trinajstić information content (AvgIpc) is 2.92. The first-order chi connectivity index (χ1) is 8.26. The van der Waals surface area contributed by atoms with Crippen LogP contribution in [0.1, 0.15) is 5.69 Å². The molecule has 0 bridgehead atoms. The number of H-pyrrole nitrogens is 1. The molecule has 0 aliphatic carbocycles. The van der Waals surface area contributed by atoms with Gasteiger partial charge < -0.3 is 9.52 Å². The number of hydrogen-bond donors (Lipinski definition) is 2. The lowest BCUT2D eigenvalue weighted by molar-refractivity contribution is 0.278. The Morgan fingerprint density at radius 1 is 1.47 bits per heavy atom. The van der Waals surface area contributed by atoms with E-state index in [2.05, 4.69) is 9.97 Å². The van der Waals surface area contributed by atoms with Gasteiger partial charge in [0, 0.05) is 10.9 Å². The van der Waals surface area contributed by atoms with Gasteiger partial charge in [0.15, 0.2) is 5.58 Å². The molecular formula is C11H8N2O3S. The van der Waals surface area contributed by atoms with Gasteiger partial charge in [0.2, 0.25) is 0 Å². The number of benzene rings is 1. The molecule has 0 spiro atoms. The molecule has 0 atom stereocenters. The SMILES string of the molecule is O=c1[nH]c2ccc(-c3nc(CO)cs3)cc2o1. The van der Waals surface area contributed by atoms with Crippen LogP contribution in [0, 0.1) is 0 Å². The summed E-state index contributed by atoms with van der Waals surface area (Å²) >= 11 is 1.44. The third-order valence-electron chi connectivity index (χ3n) is 2.38. The van der Waals surface area contributed by atoms with E-state index in [9.17, 15) is 4.79 Å². The first kappa shape index (κ1) is 10.2. The van der Waals surface area contributed by atoms with Crippen molar-refractivity contribution in [2.45, 2.75) is 6.61 Å². The summed E-state index contributed by atoms with van der Waals surface area (Å²) in [4.78, 5) is 17.8. The van der Waals surface area contributed by atoms with Gasteiger partial charge in [-0.2, -0.15) is 0 Å². The Labute approximate surface area is 99.4 Å². The number of rotatable bonds is 2. The Hall–Kier alpha value is -1.92. The maximum atomic E-state index is 11.0. The largest absolute Gasteiger partial charge is 0.417 e. The van der Waals surface area contributed by atoms with Crippen LogP contribution in [0.4, 0.5) is 0 Å². The summed E-state index contributed by atoms with van der Waals surface area (Å²) in [5.41, 5.74) is 2.68. The maximum Gasteiger partial charge on any atom is 0.417 e. The third-order valence-corrected chi connectivity index (χ3v) is 3.32. The van der Waals surface area contributed by atoms with Gasteiger partial charge in [-0.3, -0.25) is 4.98 Å². The standard InChI is InChI=1S/C11H8N2O3S/c14-4-7-5-17-10(12-7)6-1-2-8-9(3-6)16-11(15)13-8/h1-3,5,14H,4H2,(H,13,15). The van der Waals surface area contributed by atoms with E-state index in [-0.39, 0.29) is 6.61 Å². The first-order valence-electron chi connectivity index (χ1n) is 4.95. The zero-order chi connectivity index (χ0) is 11.8. The van der Waals surface area contributed by atoms with Crippen molar-refractivity contribution in [2.75, 3.05) is 0 Å². The highest BCUT2D eigenvalue weighted by Gasteiger charge is 2.07. The fourth-order valence-corrected chi connectivity index (χ4v) is 2.40. The summed E-state index contributed by atoms with van der Waals surface area (Å²) in [6.07, 6.45) is 0. The van der Waals surface area contributed by atoms with Crippen molar-refractivity contribution in [1.82, 2.24) is 9.97 Å². The summed E-state index contributed by atoms with van der Waals surface area (Å²) in [5.74, 6) is -0.465. The monoisotopic (exact) mass is 248 g/mol. The van der Waals surface area contributed by atoms with Gasteiger partial charge in [0.1, 0.15) is 5.01 Å². The van der Waals surface area contributed by atoms with Crippen molar-refractivity contribution in [3.63, 3.8) is 0 Å². The lowest BCUT2D eigenvalue weighted by Crippen LogP contribution is -1.92. The summed E-state index contributed by atoms with van der Waals surface area (Å²) in [6.45, 7) is -0.0714. The zero-order valence-corrected chi connectivity index (χ0v) is 9.45. The van der Waals surface area contributed by atoms with Gasteiger partial charge in [-0.1, -0.05) is 0 Å². The number of thiazole rings is 1. The van der Waals surface area contributed by atoms with E-state index < -0.39 is 5.76 Å². The lowest BCUT2D eigenvalue weighted by atomic mass is 10.2. The number of aromatic amines is 1. The van der Waals surface area contributed by atoms with Crippen molar-refractivity contribution in [2.24, 2.45) is 0 Å². The second-order valence-electron chi connectivity index (χ2n) is 3.53. The predicted molar refractivity (Wildman–Crippen MR) is 63.9 cm³/mol. The number of hydrogen-bond acceptors (Lipinski definition) is 5. The number of aromatic nitrogens is 2. The molecule has 0 fully saturated rings. The van der Waals surface area contributed by atoms with E-state index in [0.717, 1.165) is 10.6 Å². The minimum absolute atomic E-state index is 0.0714. The van der Waals surface area contributed by atoms with Crippen LogP contribution in [0.5, 0.6) is 0 Å². The summed E-state index contributed by atoms with van der Waals surface area (Å²) in [7, 11) is 0. The fourth-order valence-electron chi connectivity index (χ4n) is 1.59. The molecule has 2 N–H and O–H groups in total. The van der Waals surface area contributed by atoms with E-state index in [4.69, 9.17) is 9.52 Å². The molecule has 5 nitrogen and oxygen atoms in total. The molecular weight excluding hydrogens is 240 g/mol. The van der Waals surface area contributed by atoms with Crippen LogP contribution in [0.25, 0.3) is 21.7 Å². The number of aliphatic hydroxyl groups excluding tert-OH is 1. The summed E-state index contributed by atoms with van der Waals surface area (Å²) < 4.78 is 4.98. The van der Waals surface area contributed by atoms with Crippen LogP contribution in [-0.4, -0.2) is 15.1 Å². The predicted octanol–water partition coefficient (Wildman–Crippen LogP) is 1.74. The molecule has 6 heteroatoms. The van der Waals surface area contributed by atoms with Gasteiger partial charge >= 0.3 is 5.76 Å². The van der Waals surface area contributed by atoms with Crippen molar-refractivity contribution in [1.29, 1.82) is 0 Å². The molecule has 2 aromatic heterocycles. The summed E-state index contributed by atoms with van der Waals surface area (Å²) in [5, 5.41) is 11.5. The van der Waals surface area contributed by atoms with Crippen LogP contribution in [0.3, 0.4) is 0 Å². The van der Waals surface area contributed by atoms with E-state index in [1.165, 1.54) is 11.3 Å². The fraction of sp³-hybridized carbons (Fsp3) is 0.0909. The number of aliphatic hydroxyl groups is 1. The minimum Gasteiger partial charge on any atom is -0.408 e. The zero-order valence-electron chi connectivity index (χ0n) is 8.64. The quantitative estimate of drug-likeness (QED) is 0.724. The van der Waals surface area contributed by atoms with E-state index in [1.807, 2.05) is 6.07 Å². The molecule has 17 heavy (non-hydrogen) atoms. The Kier molecular flexibility index (Phi) is 2.31. The molecule has 0 aliphatic rings. The Balaban J connectivity index is 2.13. The highest BCUT2D eigenvalue weighted by molar-refractivity contribution is 7.13. The van der Waals surface area contributed by atoms with E-state index >= 15 is 0 Å². The van der Waals surface area contributed by atoms with Gasteiger partial charge in [0.05, 0.1) is 17.8 Å². The number of fused-ring (bicyclic) bond motifs is 1. The first-order valence-corrected chi connectivity index (χ1v) is 5.83. The number of nitrogens with one attached hydrogen (secondary N) is 1. The molecule has 0 amide bonds. The van der Waals surface area contributed by atoms with Gasteiger partial charge in [0.25, 0.3) is 0 Å². The highest BCUT2D eigenvalue weighted by atomic mass is 32.1. The number of oxazole rings is 1. The molecule has 2 heterocycles. The van der Waals surface area contributed by atoms with Gasteiger partial charge in [-0.15, -0.1) is 11.3 Å². The Bertz CT molecular complexity index is 725. The van der Waals surface area contributed by atoms with Crippen molar-refractivity contribution >= 4 is 22.4 Å². The molecule has 0 radical (unpaired) electrons. The maximum absolute atomic E-state index is 11.0. The molecule has 0 saturated carbocycles. The van der Waals surface area contributed by atoms with Crippen LogP contribution in [0.15, 0.2) is 32.8 Å². The van der Waals surface area contributed by atoms with Crippen LogP contribution >= 0.6 is 11.3 Å². The topological polar surface area (TPSA) is 79.1 Å². The molecule has 86 valence electrons. The van der Waals surface area contributed by atoms with Gasteiger partial charge in [-0.25, -0.2) is 9.78 Å². The minimum atomic E-state index is -0.465. The van der Waals surface area contributed by atoms with Crippen LogP contribution in [-0.2, 0) is 6.61 Å².